The van der Waals surface area contributed by atoms with E-state index in [1.165, 1.54) is 31.4 Å². The van der Waals surface area contributed by atoms with Crippen LogP contribution in [0.1, 0.15) is 30.4 Å². The second-order valence-electron chi connectivity index (χ2n) is 5.95. The molecular weight excluding hydrogens is 317 g/mol. The molecule has 1 saturated heterocycles. The molecule has 0 aliphatic carbocycles. The first-order valence-electron chi connectivity index (χ1n) is 8.32. The SMILES string of the molecule is CN=C(NCCN1CCCCC1)NCc1ccc(C(F)(F)F)cc1. The van der Waals surface area contributed by atoms with Gasteiger partial charge >= 0.3 is 6.18 Å². The van der Waals surface area contributed by atoms with Crippen molar-refractivity contribution in [3.05, 3.63) is 35.4 Å². The molecule has 24 heavy (non-hydrogen) atoms. The number of piperidine rings is 1. The van der Waals surface area contributed by atoms with E-state index in [0.29, 0.717) is 12.5 Å². The van der Waals surface area contributed by atoms with Crippen LogP contribution in [0.5, 0.6) is 0 Å². The van der Waals surface area contributed by atoms with E-state index in [1.807, 2.05) is 0 Å². The average Bonchev–Trinajstić information content (AvgIpc) is 2.58. The minimum Gasteiger partial charge on any atom is -0.355 e. The molecule has 0 unspecified atom stereocenters. The van der Waals surface area contributed by atoms with Crippen LogP contribution in [-0.2, 0) is 12.7 Å². The highest BCUT2D eigenvalue weighted by Crippen LogP contribution is 2.28. The third-order valence-corrected chi connectivity index (χ3v) is 4.13. The number of aliphatic imine (C=N–C) groups is 1. The molecule has 2 N–H and O–H groups in total. The van der Waals surface area contributed by atoms with E-state index in [2.05, 4.69) is 20.5 Å². The molecular formula is C17H25F3N4. The number of guanidine groups is 1. The van der Waals surface area contributed by atoms with Gasteiger partial charge in [0, 0.05) is 26.7 Å². The Morgan fingerprint density at radius 1 is 1.08 bits per heavy atom. The van der Waals surface area contributed by atoms with Gasteiger partial charge in [0.05, 0.1) is 5.56 Å². The molecule has 0 saturated carbocycles. The van der Waals surface area contributed by atoms with Gasteiger partial charge < -0.3 is 15.5 Å². The molecule has 1 fully saturated rings. The van der Waals surface area contributed by atoms with Crippen LogP contribution >= 0.6 is 0 Å². The van der Waals surface area contributed by atoms with Gasteiger partial charge in [0.25, 0.3) is 0 Å². The lowest BCUT2D eigenvalue weighted by molar-refractivity contribution is -0.137. The fourth-order valence-corrected chi connectivity index (χ4v) is 2.73. The van der Waals surface area contributed by atoms with Crippen molar-refractivity contribution >= 4 is 5.96 Å². The highest BCUT2D eigenvalue weighted by molar-refractivity contribution is 5.79. The van der Waals surface area contributed by atoms with E-state index in [9.17, 15) is 13.2 Å². The summed E-state index contributed by atoms with van der Waals surface area (Å²) in [4.78, 5) is 6.57. The van der Waals surface area contributed by atoms with Crippen molar-refractivity contribution in [2.75, 3.05) is 33.2 Å². The predicted molar refractivity (Wildman–Crippen MR) is 89.9 cm³/mol. The average molecular weight is 342 g/mol. The summed E-state index contributed by atoms with van der Waals surface area (Å²) in [5, 5.41) is 6.36. The monoisotopic (exact) mass is 342 g/mol. The van der Waals surface area contributed by atoms with Crippen molar-refractivity contribution in [3.63, 3.8) is 0 Å². The predicted octanol–water partition coefficient (Wildman–Crippen LogP) is 2.86. The first-order valence-corrected chi connectivity index (χ1v) is 8.32. The molecule has 0 radical (unpaired) electrons. The number of nitrogens with zero attached hydrogens (tertiary/aromatic N) is 2. The minimum atomic E-state index is -4.29. The fraction of sp³-hybridized carbons (Fsp3) is 0.588. The van der Waals surface area contributed by atoms with Gasteiger partial charge in [-0.05, 0) is 43.6 Å². The summed E-state index contributed by atoms with van der Waals surface area (Å²) in [5.74, 6) is 0.659. The van der Waals surface area contributed by atoms with E-state index < -0.39 is 11.7 Å². The Bertz CT molecular complexity index is 520. The molecule has 2 rings (SSSR count). The Kier molecular flexibility index (Phi) is 6.90. The van der Waals surface area contributed by atoms with E-state index in [-0.39, 0.29) is 0 Å². The summed E-state index contributed by atoms with van der Waals surface area (Å²) in [6.45, 7) is 4.51. The van der Waals surface area contributed by atoms with Crippen LogP contribution in [0.2, 0.25) is 0 Å². The Morgan fingerprint density at radius 3 is 2.33 bits per heavy atom. The van der Waals surface area contributed by atoms with Crippen molar-refractivity contribution in [2.45, 2.75) is 32.0 Å². The van der Waals surface area contributed by atoms with Gasteiger partial charge in [0.15, 0.2) is 5.96 Å². The van der Waals surface area contributed by atoms with Crippen molar-refractivity contribution in [1.29, 1.82) is 0 Å². The molecule has 1 heterocycles. The number of hydrogen-bond donors (Lipinski definition) is 2. The lowest BCUT2D eigenvalue weighted by atomic mass is 10.1. The number of likely N-dealkylation sites (tertiary alicyclic amines) is 1. The molecule has 0 aromatic heterocycles. The topological polar surface area (TPSA) is 39.7 Å². The second-order valence-corrected chi connectivity index (χ2v) is 5.95. The molecule has 1 aromatic carbocycles. The molecule has 4 nitrogen and oxygen atoms in total. The van der Waals surface area contributed by atoms with Crippen LogP contribution < -0.4 is 10.6 Å². The maximum absolute atomic E-state index is 12.5. The lowest BCUT2D eigenvalue weighted by Crippen LogP contribution is -2.42. The van der Waals surface area contributed by atoms with Crippen LogP contribution in [0.4, 0.5) is 13.2 Å². The Balaban J connectivity index is 1.72. The molecule has 1 aromatic rings. The first kappa shape index (κ1) is 18.6. The molecule has 1 aliphatic rings. The van der Waals surface area contributed by atoms with Crippen LogP contribution in [0.3, 0.4) is 0 Å². The molecule has 0 spiro atoms. The van der Waals surface area contributed by atoms with Crippen molar-refractivity contribution in [1.82, 2.24) is 15.5 Å². The van der Waals surface area contributed by atoms with E-state index in [0.717, 1.165) is 43.9 Å². The largest absolute Gasteiger partial charge is 0.416 e. The van der Waals surface area contributed by atoms with Gasteiger partial charge in [0.2, 0.25) is 0 Å². The summed E-state index contributed by atoms with van der Waals surface area (Å²) in [5.41, 5.74) is 0.150. The van der Waals surface area contributed by atoms with E-state index in [4.69, 9.17) is 0 Å². The van der Waals surface area contributed by atoms with Crippen molar-refractivity contribution in [3.8, 4) is 0 Å². The summed E-state index contributed by atoms with van der Waals surface area (Å²) in [6, 6.07) is 5.17. The Hall–Kier alpha value is -1.76. The minimum absolute atomic E-state index is 0.432. The zero-order valence-electron chi connectivity index (χ0n) is 14.0. The first-order chi connectivity index (χ1) is 11.5. The van der Waals surface area contributed by atoms with Crippen LogP contribution in [0.15, 0.2) is 29.3 Å². The summed E-state index contributed by atoms with van der Waals surface area (Å²) in [7, 11) is 1.68. The number of rotatable bonds is 5. The highest BCUT2D eigenvalue weighted by atomic mass is 19.4. The van der Waals surface area contributed by atoms with Crippen molar-refractivity contribution in [2.24, 2.45) is 4.99 Å². The lowest BCUT2D eigenvalue weighted by Gasteiger charge is -2.26. The molecule has 7 heteroatoms. The molecule has 0 bridgehead atoms. The molecule has 0 atom stereocenters. The van der Waals surface area contributed by atoms with Crippen molar-refractivity contribution < 1.29 is 13.2 Å². The van der Waals surface area contributed by atoms with E-state index >= 15 is 0 Å². The summed E-state index contributed by atoms with van der Waals surface area (Å²) < 4.78 is 37.6. The van der Waals surface area contributed by atoms with Crippen LogP contribution in [-0.4, -0.2) is 44.1 Å². The van der Waals surface area contributed by atoms with Gasteiger partial charge in [-0.25, -0.2) is 0 Å². The fourth-order valence-electron chi connectivity index (χ4n) is 2.73. The van der Waals surface area contributed by atoms with Gasteiger partial charge in [-0.2, -0.15) is 13.2 Å². The van der Waals surface area contributed by atoms with Crippen LogP contribution in [0.25, 0.3) is 0 Å². The second kappa shape index (κ2) is 8.92. The number of halogens is 3. The highest BCUT2D eigenvalue weighted by Gasteiger charge is 2.29. The maximum atomic E-state index is 12.5. The standard InChI is InChI=1S/C17H25F3N4/c1-21-16(22-9-12-24-10-3-2-4-11-24)23-13-14-5-7-15(8-6-14)17(18,19)20/h5-8H,2-4,9-13H2,1H3,(H2,21,22,23). The quantitative estimate of drug-likeness (QED) is 0.638. The third kappa shape index (κ3) is 6.03. The molecule has 0 amide bonds. The van der Waals surface area contributed by atoms with Gasteiger partial charge in [-0.15, -0.1) is 0 Å². The number of benzene rings is 1. The third-order valence-electron chi connectivity index (χ3n) is 4.13. The number of hydrogen-bond acceptors (Lipinski definition) is 2. The number of alkyl halides is 3. The summed E-state index contributed by atoms with van der Waals surface area (Å²) >= 11 is 0. The maximum Gasteiger partial charge on any atom is 0.416 e. The normalized spacial score (nSPS) is 16.9. The van der Waals surface area contributed by atoms with Gasteiger partial charge in [-0.3, -0.25) is 4.99 Å². The van der Waals surface area contributed by atoms with Gasteiger partial charge in [0.1, 0.15) is 0 Å². The van der Waals surface area contributed by atoms with Crippen LogP contribution in [0, 0.1) is 0 Å². The van der Waals surface area contributed by atoms with Gasteiger partial charge in [-0.1, -0.05) is 18.6 Å². The van der Waals surface area contributed by atoms with E-state index in [1.54, 1.807) is 7.05 Å². The summed E-state index contributed by atoms with van der Waals surface area (Å²) in [6.07, 6.45) is -0.444. The Morgan fingerprint density at radius 2 is 1.75 bits per heavy atom. The molecule has 1 aliphatic heterocycles. The number of nitrogens with one attached hydrogen (secondary N) is 2. The molecule has 134 valence electrons. The zero-order chi connectivity index (χ0) is 17.4. The Labute approximate surface area is 141 Å². The zero-order valence-corrected chi connectivity index (χ0v) is 14.0. The smallest absolute Gasteiger partial charge is 0.355 e.